The number of carbonyl (C=O) groups excluding carboxylic acids is 2. The maximum absolute atomic E-state index is 11.8. The molecule has 0 atom stereocenters. The van der Waals surface area contributed by atoms with Gasteiger partial charge < -0.3 is 9.47 Å². The third-order valence-electron chi connectivity index (χ3n) is 6.14. The fourth-order valence-electron chi connectivity index (χ4n) is 4.73. The zero-order chi connectivity index (χ0) is 18.1. The van der Waals surface area contributed by atoms with Crippen molar-refractivity contribution in [2.45, 2.75) is 64.2 Å². The Morgan fingerprint density at radius 2 is 1.12 bits per heavy atom. The second kappa shape index (κ2) is 9.79. The molecule has 2 aliphatic rings. The number of rotatable bonds is 8. The Bertz CT molecular complexity index is 426. The van der Waals surface area contributed by atoms with E-state index in [-0.39, 0.29) is 5.41 Å². The predicted molar refractivity (Wildman–Crippen MR) is 97.9 cm³/mol. The van der Waals surface area contributed by atoms with Gasteiger partial charge in [-0.15, -0.1) is 0 Å². The van der Waals surface area contributed by atoms with Crippen LogP contribution in [-0.4, -0.2) is 25.2 Å². The van der Waals surface area contributed by atoms with Crippen molar-refractivity contribution in [2.24, 2.45) is 17.3 Å². The maximum atomic E-state index is 11.8. The molecule has 0 aromatic carbocycles. The second-order valence-electron chi connectivity index (χ2n) is 7.53. The standard InChI is InChI=1S/C21H32O4/c1-3-19(22)24-15-21(16-25-20(23)4-2,17-11-7-5-8-12-17)18-13-9-6-10-14-18/h3-4,17-18H,1-2,5-16H2. The molecule has 2 aliphatic carbocycles. The van der Waals surface area contributed by atoms with Crippen LogP contribution < -0.4 is 0 Å². The first-order chi connectivity index (χ1) is 12.1. The van der Waals surface area contributed by atoms with Gasteiger partial charge in [-0.25, -0.2) is 9.59 Å². The van der Waals surface area contributed by atoms with Crippen molar-refractivity contribution in [1.82, 2.24) is 0 Å². The minimum atomic E-state index is -0.397. The smallest absolute Gasteiger partial charge is 0.330 e. The van der Waals surface area contributed by atoms with Gasteiger partial charge in [0.2, 0.25) is 0 Å². The van der Waals surface area contributed by atoms with Gasteiger partial charge in [0.05, 0.1) is 0 Å². The summed E-state index contributed by atoms with van der Waals surface area (Å²) in [7, 11) is 0. The molecule has 0 saturated heterocycles. The molecule has 4 heteroatoms. The van der Waals surface area contributed by atoms with E-state index in [2.05, 4.69) is 13.2 Å². The summed E-state index contributed by atoms with van der Waals surface area (Å²) in [5.41, 5.74) is -0.280. The normalized spacial score (nSPS) is 19.8. The molecular weight excluding hydrogens is 316 g/mol. The summed E-state index contributed by atoms with van der Waals surface area (Å²) in [6.07, 6.45) is 14.2. The first-order valence-electron chi connectivity index (χ1n) is 9.71. The van der Waals surface area contributed by atoms with E-state index < -0.39 is 11.9 Å². The van der Waals surface area contributed by atoms with Crippen LogP contribution >= 0.6 is 0 Å². The van der Waals surface area contributed by atoms with Crippen molar-refractivity contribution in [3.05, 3.63) is 25.3 Å². The molecule has 0 heterocycles. The Hall–Kier alpha value is -1.58. The van der Waals surface area contributed by atoms with Crippen LogP contribution in [0.15, 0.2) is 25.3 Å². The fraction of sp³-hybridized carbons (Fsp3) is 0.714. The van der Waals surface area contributed by atoms with Gasteiger partial charge in [-0.05, 0) is 37.5 Å². The molecule has 4 nitrogen and oxygen atoms in total. The Labute approximate surface area is 151 Å². The lowest BCUT2D eigenvalue weighted by Gasteiger charge is -2.48. The molecule has 0 aromatic rings. The van der Waals surface area contributed by atoms with Gasteiger partial charge in [0.1, 0.15) is 13.2 Å². The van der Waals surface area contributed by atoms with Crippen LogP contribution in [0.1, 0.15) is 64.2 Å². The molecule has 0 radical (unpaired) electrons. The second-order valence-corrected chi connectivity index (χ2v) is 7.53. The van der Waals surface area contributed by atoms with Crippen LogP contribution in [0.5, 0.6) is 0 Å². The maximum Gasteiger partial charge on any atom is 0.330 e. The third kappa shape index (κ3) is 5.20. The van der Waals surface area contributed by atoms with E-state index in [1.807, 2.05) is 0 Å². The lowest BCUT2D eigenvalue weighted by Crippen LogP contribution is -2.48. The van der Waals surface area contributed by atoms with E-state index in [0.29, 0.717) is 25.0 Å². The molecule has 2 rings (SSSR count). The molecule has 2 fully saturated rings. The van der Waals surface area contributed by atoms with E-state index in [1.54, 1.807) is 0 Å². The molecule has 2 saturated carbocycles. The number of hydrogen-bond acceptors (Lipinski definition) is 4. The Balaban J connectivity index is 2.26. The summed E-state index contributed by atoms with van der Waals surface area (Å²) in [5, 5.41) is 0. The minimum Gasteiger partial charge on any atom is -0.462 e. The molecule has 0 spiro atoms. The highest BCUT2D eigenvalue weighted by Gasteiger charge is 2.47. The molecule has 25 heavy (non-hydrogen) atoms. The summed E-state index contributed by atoms with van der Waals surface area (Å²) in [5.74, 6) is 0.0660. The summed E-state index contributed by atoms with van der Waals surface area (Å²) in [4.78, 5) is 23.5. The number of hydrogen-bond donors (Lipinski definition) is 0. The number of esters is 2. The van der Waals surface area contributed by atoms with Gasteiger partial charge in [-0.3, -0.25) is 0 Å². The van der Waals surface area contributed by atoms with Gasteiger partial charge >= 0.3 is 11.9 Å². The summed E-state index contributed by atoms with van der Waals surface area (Å²) in [6, 6.07) is 0. The van der Waals surface area contributed by atoms with E-state index in [4.69, 9.17) is 9.47 Å². The molecule has 0 amide bonds. The highest BCUT2D eigenvalue weighted by atomic mass is 16.5. The topological polar surface area (TPSA) is 52.6 Å². The summed E-state index contributed by atoms with van der Waals surface area (Å²) in [6.45, 7) is 7.64. The zero-order valence-electron chi connectivity index (χ0n) is 15.3. The van der Waals surface area contributed by atoms with E-state index in [0.717, 1.165) is 25.7 Å². The van der Waals surface area contributed by atoms with Crippen LogP contribution in [0.4, 0.5) is 0 Å². The van der Waals surface area contributed by atoms with Gasteiger partial charge in [-0.2, -0.15) is 0 Å². The quantitative estimate of drug-likeness (QED) is 0.475. The van der Waals surface area contributed by atoms with Gasteiger partial charge in [0.25, 0.3) is 0 Å². The Morgan fingerprint density at radius 1 is 0.760 bits per heavy atom. The van der Waals surface area contributed by atoms with Crippen LogP contribution in [0, 0.1) is 17.3 Å². The van der Waals surface area contributed by atoms with Crippen molar-refractivity contribution in [1.29, 1.82) is 0 Å². The van der Waals surface area contributed by atoms with Crippen molar-refractivity contribution < 1.29 is 19.1 Å². The molecule has 0 N–H and O–H groups in total. The lowest BCUT2D eigenvalue weighted by atomic mass is 9.59. The lowest BCUT2D eigenvalue weighted by molar-refractivity contribution is -0.159. The van der Waals surface area contributed by atoms with Crippen molar-refractivity contribution >= 4 is 11.9 Å². The minimum absolute atomic E-state index is 0.280. The Kier molecular flexibility index (Phi) is 7.73. The zero-order valence-corrected chi connectivity index (χ0v) is 15.3. The fourth-order valence-corrected chi connectivity index (χ4v) is 4.73. The van der Waals surface area contributed by atoms with Gasteiger partial charge in [-0.1, -0.05) is 51.7 Å². The average Bonchev–Trinajstić information content (AvgIpc) is 2.69. The molecule has 0 aliphatic heterocycles. The van der Waals surface area contributed by atoms with Crippen molar-refractivity contribution in [2.75, 3.05) is 13.2 Å². The molecular formula is C21H32O4. The van der Waals surface area contributed by atoms with Crippen LogP contribution in [0.3, 0.4) is 0 Å². The number of ether oxygens (including phenoxy) is 2. The largest absolute Gasteiger partial charge is 0.462 e. The number of carbonyl (C=O) groups is 2. The third-order valence-corrected chi connectivity index (χ3v) is 6.14. The first kappa shape index (κ1) is 19.7. The van der Waals surface area contributed by atoms with E-state index in [1.165, 1.54) is 50.7 Å². The molecule has 0 unspecified atom stereocenters. The van der Waals surface area contributed by atoms with E-state index in [9.17, 15) is 9.59 Å². The highest BCUT2D eigenvalue weighted by molar-refractivity contribution is 5.81. The SMILES string of the molecule is C=CC(=O)OCC(COC(=O)C=C)(C1CCCCC1)C1CCCCC1. The van der Waals surface area contributed by atoms with Crippen LogP contribution in [0.2, 0.25) is 0 Å². The van der Waals surface area contributed by atoms with Gasteiger partial charge in [0, 0.05) is 17.6 Å². The van der Waals surface area contributed by atoms with Crippen molar-refractivity contribution in [3.63, 3.8) is 0 Å². The first-order valence-corrected chi connectivity index (χ1v) is 9.71. The summed E-state index contributed by atoms with van der Waals surface area (Å²) < 4.78 is 11.1. The monoisotopic (exact) mass is 348 g/mol. The summed E-state index contributed by atoms with van der Waals surface area (Å²) >= 11 is 0. The van der Waals surface area contributed by atoms with E-state index >= 15 is 0 Å². The molecule has 140 valence electrons. The van der Waals surface area contributed by atoms with Gasteiger partial charge in [0.15, 0.2) is 0 Å². The van der Waals surface area contributed by atoms with Crippen molar-refractivity contribution in [3.8, 4) is 0 Å². The molecule has 0 aromatic heterocycles. The van der Waals surface area contributed by atoms with Crippen LogP contribution in [0.25, 0.3) is 0 Å². The Morgan fingerprint density at radius 3 is 1.44 bits per heavy atom. The van der Waals surface area contributed by atoms with Crippen LogP contribution in [-0.2, 0) is 19.1 Å². The highest BCUT2D eigenvalue weighted by Crippen LogP contribution is 2.49. The molecule has 0 bridgehead atoms. The predicted octanol–water partition coefficient (Wildman–Crippen LogP) is 4.59. The average molecular weight is 348 g/mol.